The molecule has 2 atom stereocenters. The van der Waals surface area contributed by atoms with Crippen LogP contribution in [0.5, 0.6) is 0 Å². The first-order chi connectivity index (χ1) is 10.2. The van der Waals surface area contributed by atoms with Crippen molar-refractivity contribution in [2.75, 3.05) is 19.6 Å². The Hall–Kier alpha value is -0.610. The third-order valence-corrected chi connectivity index (χ3v) is 6.09. The number of hydrogen-bond acceptors (Lipinski definition) is 3. The Bertz CT molecular complexity index is 363. The van der Waals surface area contributed by atoms with Crippen LogP contribution in [0, 0.1) is 5.41 Å². The highest BCUT2D eigenvalue weighted by atomic mass is 16.2. The molecule has 2 unspecified atom stereocenters. The second-order valence-electron chi connectivity index (χ2n) is 7.43. The number of carbonyl (C=O) groups is 1. The number of amides is 1. The molecule has 0 radical (unpaired) electrons. The molecule has 1 saturated carbocycles. The van der Waals surface area contributed by atoms with Gasteiger partial charge in [-0.1, -0.05) is 25.7 Å². The highest BCUT2D eigenvalue weighted by molar-refractivity contribution is 5.83. The maximum absolute atomic E-state index is 12.9. The molecule has 4 heteroatoms. The molecule has 3 rings (SSSR count). The first-order valence-electron chi connectivity index (χ1n) is 8.99. The zero-order valence-electron chi connectivity index (χ0n) is 13.3. The predicted molar refractivity (Wildman–Crippen MR) is 84.9 cm³/mol. The fourth-order valence-electron chi connectivity index (χ4n) is 4.62. The van der Waals surface area contributed by atoms with E-state index < -0.39 is 0 Å². The minimum atomic E-state index is -0.274. The van der Waals surface area contributed by atoms with Crippen molar-refractivity contribution in [1.29, 1.82) is 0 Å². The molecule has 0 spiro atoms. The van der Waals surface area contributed by atoms with Crippen LogP contribution in [0.25, 0.3) is 0 Å². The monoisotopic (exact) mass is 293 g/mol. The van der Waals surface area contributed by atoms with Gasteiger partial charge in [0.2, 0.25) is 5.91 Å². The maximum Gasteiger partial charge on any atom is 0.227 e. The van der Waals surface area contributed by atoms with E-state index in [9.17, 15) is 4.79 Å². The van der Waals surface area contributed by atoms with Crippen LogP contribution >= 0.6 is 0 Å². The first-order valence-corrected chi connectivity index (χ1v) is 8.99. The number of piperidine rings is 1. The molecule has 120 valence electrons. The van der Waals surface area contributed by atoms with Gasteiger partial charge in [0, 0.05) is 25.2 Å². The molecule has 2 heterocycles. The Morgan fingerprint density at radius 3 is 2.57 bits per heavy atom. The molecular weight excluding hydrogens is 262 g/mol. The quantitative estimate of drug-likeness (QED) is 0.783. The van der Waals surface area contributed by atoms with Gasteiger partial charge in [0.15, 0.2) is 0 Å². The number of nitrogens with two attached hydrogens (primary N) is 1. The number of nitrogens with zero attached hydrogens (tertiary/aromatic N) is 1. The Kier molecular flexibility index (Phi) is 4.85. The number of carbonyl (C=O) groups excluding carboxylic acids is 1. The van der Waals surface area contributed by atoms with Gasteiger partial charge >= 0.3 is 0 Å². The maximum atomic E-state index is 12.9. The molecule has 21 heavy (non-hydrogen) atoms. The molecular formula is C17H31N3O. The zero-order chi connectivity index (χ0) is 14.7. The molecule has 1 aliphatic carbocycles. The second-order valence-corrected chi connectivity index (χ2v) is 7.43. The summed E-state index contributed by atoms with van der Waals surface area (Å²) >= 11 is 0. The van der Waals surface area contributed by atoms with Crippen molar-refractivity contribution < 1.29 is 4.79 Å². The van der Waals surface area contributed by atoms with Crippen LogP contribution in [0.2, 0.25) is 0 Å². The number of nitrogens with one attached hydrogen (secondary N) is 1. The van der Waals surface area contributed by atoms with Crippen LogP contribution in [0.15, 0.2) is 0 Å². The van der Waals surface area contributed by atoms with Crippen LogP contribution in [0.3, 0.4) is 0 Å². The lowest BCUT2D eigenvalue weighted by Gasteiger charge is -2.38. The van der Waals surface area contributed by atoms with Crippen molar-refractivity contribution in [2.24, 2.45) is 11.1 Å². The molecule has 4 nitrogen and oxygen atoms in total. The van der Waals surface area contributed by atoms with Gasteiger partial charge in [-0.15, -0.1) is 0 Å². The van der Waals surface area contributed by atoms with Crippen molar-refractivity contribution in [3.05, 3.63) is 0 Å². The van der Waals surface area contributed by atoms with E-state index in [1.165, 1.54) is 32.2 Å². The standard InChI is InChI=1S/C17H31N3O/c18-13-17(8-3-1-2-4-9-17)16(21)19-14-7-11-20-10-5-6-15(20)12-14/h14-15H,1-13,18H2,(H,19,21). The van der Waals surface area contributed by atoms with Crippen LogP contribution < -0.4 is 11.1 Å². The van der Waals surface area contributed by atoms with Crippen molar-refractivity contribution >= 4 is 5.91 Å². The fourth-order valence-corrected chi connectivity index (χ4v) is 4.62. The van der Waals surface area contributed by atoms with Gasteiger partial charge in [0.1, 0.15) is 0 Å². The van der Waals surface area contributed by atoms with E-state index in [0.29, 0.717) is 18.6 Å². The second kappa shape index (κ2) is 6.66. The molecule has 3 aliphatic rings. The van der Waals surface area contributed by atoms with E-state index in [0.717, 1.165) is 45.1 Å². The Morgan fingerprint density at radius 2 is 1.86 bits per heavy atom. The van der Waals surface area contributed by atoms with Gasteiger partial charge in [-0.3, -0.25) is 4.79 Å². The van der Waals surface area contributed by atoms with Gasteiger partial charge in [-0.2, -0.15) is 0 Å². The van der Waals surface area contributed by atoms with Gasteiger partial charge in [-0.05, 0) is 45.1 Å². The summed E-state index contributed by atoms with van der Waals surface area (Å²) in [4.78, 5) is 15.5. The summed E-state index contributed by atoms with van der Waals surface area (Å²) in [6.45, 7) is 2.93. The summed E-state index contributed by atoms with van der Waals surface area (Å²) in [5, 5.41) is 3.38. The van der Waals surface area contributed by atoms with Crippen molar-refractivity contribution in [2.45, 2.75) is 76.3 Å². The van der Waals surface area contributed by atoms with Crippen molar-refractivity contribution in [3.63, 3.8) is 0 Å². The van der Waals surface area contributed by atoms with E-state index in [1.54, 1.807) is 0 Å². The topological polar surface area (TPSA) is 58.4 Å². The third kappa shape index (κ3) is 3.26. The van der Waals surface area contributed by atoms with E-state index in [1.807, 2.05) is 0 Å². The molecule has 3 fully saturated rings. The third-order valence-electron chi connectivity index (χ3n) is 6.09. The normalized spacial score (nSPS) is 33.2. The summed E-state index contributed by atoms with van der Waals surface area (Å²) < 4.78 is 0. The van der Waals surface area contributed by atoms with E-state index >= 15 is 0 Å². The lowest BCUT2D eigenvalue weighted by atomic mass is 9.79. The molecule has 1 amide bonds. The van der Waals surface area contributed by atoms with E-state index in [-0.39, 0.29) is 11.3 Å². The minimum Gasteiger partial charge on any atom is -0.353 e. The van der Waals surface area contributed by atoms with Crippen LogP contribution in [0.4, 0.5) is 0 Å². The predicted octanol–water partition coefficient (Wildman–Crippen LogP) is 2.03. The molecule has 0 aromatic carbocycles. The largest absolute Gasteiger partial charge is 0.353 e. The molecule has 2 aliphatic heterocycles. The Balaban J connectivity index is 1.59. The van der Waals surface area contributed by atoms with Crippen molar-refractivity contribution in [3.8, 4) is 0 Å². The molecule has 0 aromatic heterocycles. The minimum absolute atomic E-state index is 0.253. The summed E-state index contributed by atoms with van der Waals surface area (Å²) in [6.07, 6.45) is 11.7. The zero-order valence-corrected chi connectivity index (χ0v) is 13.3. The number of rotatable bonds is 3. The van der Waals surface area contributed by atoms with Crippen LogP contribution in [0.1, 0.15) is 64.2 Å². The Morgan fingerprint density at radius 1 is 1.10 bits per heavy atom. The van der Waals surface area contributed by atoms with Crippen molar-refractivity contribution in [1.82, 2.24) is 10.2 Å². The van der Waals surface area contributed by atoms with E-state index in [2.05, 4.69) is 10.2 Å². The highest BCUT2D eigenvalue weighted by Gasteiger charge is 2.39. The number of fused-ring (bicyclic) bond motifs is 1. The van der Waals surface area contributed by atoms with Gasteiger partial charge < -0.3 is 16.0 Å². The van der Waals surface area contributed by atoms with Crippen LogP contribution in [-0.4, -0.2) is 42.5 Å². The summed E-state index contributed by atoms with van der Waals surface area (Å²) in [5.41, 5.74) is 5.76. The SMILES string of the molecule is NCC1(C(=O)NC2CCN3CCCC3C2)CCCCCC1. The lowest BCUT2D eigenvalue weighted by molar-refractivity contribution is -0.132. The summed E-state index contributed by atoms with van der Waals surface area (Å²) in [7, 11) is 0. The van der Waals surface area contributed by atoms with Crippen LogP contribution in [-0.2, 0) is 4.79 Å². The lowest BCUT2D eigenvalue weighted by Crippen LogP contribution is -2.53. The molecule has 0 aromatic rings. The number of hydrogen-bond donors (Lipinski definition) is 2. The Labute approximate surface area is 128 Å². The fraction of sp³-hybridized carbons (Fsp3) is 0.941. The van der Waals surface area contributed by atoms with E-state index in [4.69, 9.17) is 5.73 Å². The average molecular weight is 293 g/mol. The summed E-state index contributed by atoms with van der Waals surface area (Å²) in [6, 6.07) is 1.09. The van der Waals surface area contributed by atoms with Gasteiger partial charge in [0.25, 0.3) is 0 Å². The van der Waals surface area contributed by atoms with Gasteiger partial charge in [-0.25, -0.2) is 0 Å². The first kappa shape index (κ1) is 15.3. The average Bonchev–Trinajstić information content (AvgIpc) is 2.82. The molecule has 2 saturated heterocycles. The highest BCUT2D eigenvalue weighted by Crippen LogP contribution is 2.35. The molecule has 0 bridgehead atoms. The molecule has 3 N–H and O–H groups in total. The smallest absolute Gasteiger partial charge is 0.227 e. The summed E-state index contributed by atoms with van der Waals surface area (Å²) in [5.74, 6) is 0.253. The van der Waals surface area contributed by atoms with Gasteiger partial charge in [0.05, 0.1) is 5.41 Å².